The maximum absolute atomic E-state index is 4.60. The SMILES string of the molecule is C=CCNc1nc(Nc2ccc(CC)cc2)nc2ccccc12. The Labute approximate surface area is 136 Å². The average molecular weight is 304 g/mol. The molecule has 0 saturated heterocycles. The molecule has 1 heterocycles. The predicted molar refractivity (Wildman–Crippen MR) is 97.3 cm³/mol. The number of nitrogens with one attached hydrogen (secondary N) is 2. The number of anilines is 3. The fraction of sp³-hybridized carbons (Fsp3) is 0.158. The zero-order valence-corrected chi connectivity index (χ0v) is 13.2. The van der Waals surface area contributed by atoms with Crippen molar-refractivity contribution < 1.29 is 0 Å². The lowest BCUT2D eigenvalue weighted by molar-refractivity contribution is 1.14. The highest BCUT2D eigenvalue weighted by Crippen LogP contribution is 2.23. The van der Waals surface area contributed by atoms with Crippen LogP contribution in [0.25, 0.3) is 10.9 Å². The van der Waals surface area contributed by atoms with Gasteiger partial charge >= 0.3 is 0 Å². The van der Waals surface area contributed by atoms with Crippen LogP contribution < -0.4 is 10.6 Å². The highest BCUT2D eigenvalue weighted by molar-refractivity contribution is 5.90. The Morgan fingerprint density at radius 3 is 2.57 bits per heavy atom. The number of benzene rings is 2. The number of aryl methyl sites for hydroxylation is 1. The Morgan fingerprint density at radius 2 is 1.83 bits per heavy atom. The second kappa shape index (κ2) is 6.92. The molecule has 0 bridgehead atoms. The number of aromatic nitrogens is 2. The predicted octanol–water partition coefficient (Wildman–Crippen LogP) is 4.53. The molecule has 3 rings (SSSR count). The van der Waals surface area contributed by atoms with Gasteiger partial charge in [0.1, 0.15) is 5.82 Å². The van der Waals surface area contributed by atoms with Gasteiger partial charge in [0.15, 0.2) is 0 Å². The fourth-order valence-electron chi connectivity index (χ4n) is 2.39. The zero-order chi connectivity index (χ0) is 16.1. The van der Waals surface area contributed by atoms with E-state index in [-0.39, 0.29) is 0 Å². The van der Waals surface area contributed by atoms with E-state index in [1.807, 2.05) is 42.5 Å². The van der Waals surface area contributed by atoms with Crippen LogP contribution in [0.4, 0.5) is 17.5 Å². The van der Waals surface area contributed by atoms with Crippen molar-refractivity contribution in [3.05, 3.63) is 66.7 Å². The molecule has 0 aliphatic heterocycles. The molecule has 0 fully saturated rings. The molecule has 2 aromatic carbocycles. The van der Waals surface area contributed by atoms with Crippen LogP contribution in [0.3, 0.4) is 0 Å². The molecule has 4 heteroatoms. The molecule has 2 N–H and O–H groups in total. The molecule has 0 saturated carbocycles. The van der Waals surface area contributed by atoms with Gasteiger partial charge in [-0.15, -0.1) is 6.58 Å². The summed E-state index contributed by atoms with van der Waals surface area (Å²) in [7, 11) is 0. The van der Waals surface area contributed by atoms with Crippen LogP contribution in [0.15, 0.2) is 61.2 Å². The Morgan fingerprint density at radius 1 is 1.04 bits per heavy atom. The van der Waals surface area contributed by atoms with Crippen LogP contribution in [-0.2, 0) is 6.42 Å². The van der Waals surface area contributed by atoms with Gasteiger partial charge in [0.25, 0.3) is 0 Å². The summed E-state index contributed by atoms with van der Waals surface area (Å²) in [5, 5.41) is 7.55. The maximum atomic E-state index is 4.60. The Balaban J connectivity index is 1.94. The molecule has 0 aliphatic rings. The van der Waals surface area contributed by atoms with Crippen molar-refractivity contribution in [3.8, 4) is 0 Å². The highest BCUT2D eigenvalue weighted by Gasteiger charge is 2.07. The average Bonchev–Trinajstić information content (AvgIpc) is 2.60. The minimum atomic E-state index is 0.583. The van der Waals surface area contributed by atoms with Gasteiger partial charge < -0.3 is 10.6 Å². The summed E-state index contributed by atoms with van der Waals surface area (Å²) in [5.74, 6) is 1.39. The van der Waals surface area contributed by atoms with Crippen LogP contribution in [0.2, 0.25) is 0 Å². The molecule has 0 amide bonds. The minimum Gasteiger partial charge on any atom is -0.366 e. The maximum Gasteiger partial charge on any atom is 0.229 e. The van der Waals surface area contributed by atoms with E-state index >= 15 is 0 Å². The standard InChI is InChI=1S/C19H20N4/c1-3-13-20-18-16-7-5-6-8-17(16)22-19(23-18)21-15-11-9-14(4-2)10-12-15/h3,5-12H,1,4,13H2,2H3,(H2,20,21,22,23). The van der Waals surface area contributed by atoms with Crippen molar-refractivity contribution in [2.75, 3.05) is 17.2 Å². The topological polar surface area (TPSA) is 49.8 Å². The van der Waals surface area contributed by atoms with Gasteiger partial charge in [0, 0.05) is 17.6 Å². The van der Waals surface area contributed by atoms with Gasteiger partial charge in [0.05, 0.1) is 5.52 Å². The third-order valence-electron chi connectivity index (χ3n) is 3.64. The lowest BCUT2D eigenvalue weighted by Gasteiger charge is -2.11. The molecule has 0 unspecified atom stereocenters. The van der Waals surface area contributed by atoms with E-state index < -0.39 is 0 Å². The first-order valence-electron chi connectivity index (χ1n) is 7.77. The van der Waals surface area contributed by atoms with Crippen molar-refractivity contribution in [2.24, 2.45) is 0 Å². The Kier molecular flexibility index (Phi) is 4.52. The van der Waals surface area contributed by atoms with Gasteiger partial charge in [-0.1, -0.05) is 37.3 Å². The first-order chi connectivity index (χ1) is 11.3. The molecule has 0 radical (unpaired) electrons. The van der Waals surface area contributed by atoms with E-state index in [2.05, 4.69) is 46.2 Å². The van der Waals surface area contributed by atoms with Gasteiger partial charge in [-0.25, -0.2) is 4.98 Å². The zero-order valence-electron chi connectivity index (χ0n) is 13.2. The van der Waals surface area contributed by atoms with Gasteiger partial charge in [-0.05, 0) is 36.2 Å². The summed E-state index contributed by atoms with van der Waals surface area (Å²) in [5.41, 5.74) is 3.19. The molecule has 23 heavy (non-hydrogen) atoms. The molecule has 3 aromatic rings. The number of nitrogens with zero attached hydrogens (tertiary/aromatic N) is 2. The monoisotopic (exact) mass is 304 g/mol. The molecule has 0 spiro atoms. The number of para-hydroxylation sites is 1. The molecule has 116 valence electrons. The Bertz CT molecular complexity index is 809. The first kappa shape index (κ1) is 15.0. The van der Waals surface area contributed by atoms with Gasteiger partial charge in [-0.2, -0.15) is 4.98 Å². The summed E-state index contributed by atoms with van der Waals surface area (Å²) in [6, 6.07) is 16.3. The molecular formula is C19H20N4. The van der Waals surface area contributed by atoms with Crippen molar-refractivity contribution in [1.82, 2.24) is 9.97 Å². The largest absolute Gasteiger partial charge is 0.366 e. The third-order valence-corrected chi connectivity index (χ3v) is 3.64. The summed E-state index contributed by atoms with van der Waals surface area (Å²) in [6.45, 7) is 6.54. The third kappa shape index (κ3) is 3.48. The highest BCUT2D eigenvalue weighted by atomic mass is 15.1. The van der Waals surface area contributed by atoms with Crippen LogP contribution in [0.1, 0.15) is 12.5 Å². The summed E-state index contributed by atoms with van der Waals surface area (Å²) < 4.78 is 0. The fourth-order valence-corrected chi connectivity index (χ4v) is 2.39. The van der Waals surface area contributed by atoms with E-state index in [1.54, 1.807) is 0 Å². The van der Waals surface area contributed by atoms with Crippen molar-refractivity contribution >= 4 is 28.4 Å². The van der Waals surface area contributed by atoms with Gasteiger partial charge in [0.2, 0.25) is 5.95 Å². The second-order valence-electron chi connectivity index (χ2n) is 5.26. The van der Waals surface area contributed by atoms with Crippen molar-refractivity contribution in [1.29, 1.82) is 0 Å². The first-order valence-corrected chi connectivity index (χ1v) is 7.77. The molecule has 4 nitrogen and oxygen atoms in total. The van der Waals surface area contributed by atoms with E-state index in [1.165, 1.54) is 5.56 Å². The molecule has 0 aliphatic carbocycles. The van der Waals surface area contributed by atoms with Crippen LogP contribution in [-0.4, -0.2) is 16.5 Å². The van der Waals surface area contributed by atoms with Gasteiger partial charge in [-0.3, -0.25) is 0 Å². The van der Waals surface area contributed by atoms with Crippen LogP contribution in [0.5, 0.6) is 0 Å². The Hall–Kier alpha value is -2.88. The van der Waals surface area contributed by atoms with E-state index in [9.17, 15) is 0 Å². The second-order valence-corrected chi connectivity index (χ2v) is 5.26. The smallest absolute Gasteiger partial charge is 0.229 e. The number of hydrogen-bond donors (Lipinski definition) is 2. The molecular weight excluding hydrogens is 284 g/mol. The van der Waals surface area contributed by atoms with Crippen molar-refractivity contribution in [2.45, 2.75) is 13.3 Å². The quantitative estimate of drug-likeness (QED) is 0.657. The van der Waals surface area contributed by atoms with Crippen molar-refractivity contribution in [3.63, 3.8) is 0 Å². The van der Waals surface area contributed by atoms with E-state index in [4.69, 9.17) is 0 Å². The summed E-state index contributed by atoms with van der Waals surface area (Å²) in [6.07, 6.45) is 2.84. The normalized spacial score (nSPS) is 10.5. The molecule has 0 atom stereocenters. The lowest BCUT2D eigenvalue weighted by atomic mass is 10.1. The number of fused-ring (bicyclic) bond motifs is 1. The lowest BCUT2D eigenvalue weighted by Crippen LogP contribution is -2.05. The van der Waals surface area contributed by atoms with Crippen LogP contribution in [0, 0.1) is 0 Å². The van der Waals surface area contributed by atoms with Crippen LogP contribution >= 0.6 is 0 Å². The van der Waals surface area contributed by atoms with E-state index in [0.717, 1.165) is 28.8 Å². The number of rotatable bonds is 6. The number of hydrogen-bond acceptors (Lipinski definition) is 4. The summed E-state index contributed by atoms with van der Waals surface area (Å²) in [4.78, 5) is 9.19. The molecule has 1 aromatic heterocycles. The summed E-state index contributed by atoms with van der Waals surface area (Å²) >= 11 is 0. The minimum absolute atomic E-state index is 0.583. The van der Waals surface area contributed by atoms with E-state index in [0.29, 0.717) is 12.5 Å².